The third-order valence-electron chi connectivity index (χ3n) is 3.43. The van der Waals surface area contributed by atoms with Crippen molar-refractivity contribution in [3.8, 4) is 5.75 Å². The van der Waals surface area contributed by atoms with Gasteiger partial charge in [-0.25, -0.2) is 0 Å². The third kappa shape index (κ3) is 3.31. The molecule has 114 valence electrons. The molecule has 0 unspecified atom stereocenters. The Morgan fingerprint density at radius 2 is 2.00 bits per heavy atom. The number of benzene rings is 1. The van der Waals surface area contributed by atoms with Crippen molar-refractivity contribution in [3.63, 3.8) is 0 Å². The number of hydrogen-bond donors (Lipinski definition) is 1. The number of ether oxygens (including phenoxy) is 1. The molecule has 4 heteroatoms. The molecule has 2 aromatic rings. The van der Waals surface area contributed by atoms with Crippen LogP contribution >= 0.6 is 15.9 Å². The summed E-state index contributed by atoms with van der Waals surface area (Å²) < 4.78 is 6.52. The molecule has 0 saturated heterocycles. The minimum Gasteiger partial charge on any atom is -0.496 e. The van der Waals surface area contributed by atoms with Gasteiger partial charge in [-0.1, -0.05) is 27.7 Å². The van der Waals surface area contributed by atoms with E-state index in [9.17, 15) is 0 Å². The zero-order valence-electron chi connectivity index (χ0n) is 13.4. The fraction of sp³-hybridized carbons (Fsp3) is 0.471. The van der Waals surface area contributed by atoms with Gasteiger partial charge in [0.15, 0.2) is 0 Å². The summed E-state index contributed by atoms with van der Waals surface area (Å²) in [5.41, 5.74) is 3.10. The second kappa shape index (κ2) is 6.22. The predicted molar refractivity (Wildman–Crippen MR) is 93.5 cm³/mol. The molecule has 2 rings (SSSR count). The SMILES string of the molecule is CCCNc1cc(C(C)(C)C)nc2c(Br)ccc(OC)c12. The molecule has 0 bridgehead atoms. The molecular weight excluding hydrogens is 328 g/mol. The summed E-state index contributed by atoms with van der Waals surface area (Å²) in [6, 6.07) is 6.11. The number of methoxy groups -OCH3 is 1. The summed E-state index contributed by atoms with van der Waals surface area (Å²) in [4.78, 5) is 4.86. The second-order valence-corrected chi connectivity index (χ2v) is 7.06. The average Bonchev–Trinajstić information content (AvgIpc) is 2.44. The van der Waals surface area contributed by atoms with Gasteiger partial charge in [0.2, 0.25) is 0 Å². The topological polar surface area (TPSA) is 34.2 Å². The van der Waals surface area contributed by atoms with Gasteiger partial charge in [-0.3, -0.25) is 4.98 Å². The molecule has 0 amide bonds. The number of fused-ring (bicyclic) bond motifs is 1. The van der Waals surface area contributed by atoms with Gasteiger partial charge in [0.1, 0.15) is 5.75 Å². The fourth-order valence-electron chi connectivity index (χ4n) is 2.23. The summed E-state index contributed by atoms with van der Waals surface area (Å²) in [6.45, 7) is 9.63. The maximum absolute atomic E-state index is 5.53. The highest BCUT2D eigenvalue weighted by Gasteiger charge is 2.20. The van der Waals surface area contributed by atoms with E-state index in [1.54, 1.807) is 7.11 Å². The van der Waals surface area contributed by atoms with E-state index < -0.39 is 0 Å². The number of aromatic nitrogens is 1. The van der Waals surface area contributed by atoms with Crippen molar-refractivity contribution >= 4 is 32.5 Å². The number of halogens is 1. The molecule has 0 aliphatic carbocycles. The second-order valence-electron chi connectivity index (χ2n) is 6.21. The van der Waals surface area contributed by atoms with Crippen molar-refractivity contribution in [2.75, 3.05) is 19.0 Å². The molecule has 1 N–H and O–H groups in total. The highest BCUT2D eigenvalue weighted by Crippen LogP contribution is 2.38. The van der Waals surface area contributed by atoms with Crippen LogP contribution in [0.15, 0.2) is 22.7 Å². The van der Waals surface area contributed by atoms with Crippen molar-refractivity contribution in [1.82, 2.24) is 4.98 Å². The molecule has 1 heterocycles. The minimum atomic E-state index is -0.000644. The van der Waals surface area contributed by atoms with Gasteiger partial charge in [-0.2, -0.15) is 0 Å². The number of nitrogens with zero attached hydrogens (tertiary/aromatic N) is 1. The summed E-state index contributed by atoms with van der Waals surface area (Å²) in [5, 5.41) is 4.55. The number of nitrogens with one attached hydrogen (secondary N) is 1. The molecule has 1 aromatic carbocycles. The van der Waals surface area contributed by atoms with Crippen LogP contribution in [0.5, 0.6) is 5.75 Å². The van der Waals surface area contributed by atoms with Gasteiger partial charge in [-0.05, 0) is 40.5 Å². The summed E-state index contributed by atoms with van der Waals surface area (Å²) in [7, 11) is 1.70. The lowest BCUT2D eigenvalue weighted by atomic mass is 9.90. The lowest BCUT2D eigenvalue weighted by Crippen LogP contribution is -2.15. The standard InChI is InChI=1S/C17H23BrN2O/c1-6-9-19-12-10-14(17(2,3)4)20-16-11(18)7-8-13(21-5)15(12)16/h7-8,10H,6,9H2,1-5H3,(H,19,20). The van der Waals surface area contributed by atoms with Gasteiger partial charge in [0.25, 0.3) is 0 Å². The van der Waals surface area contributed by atoms with E-state index in [1.807, 2.05) is 12.1 Å². The van der Waals surface area contributed by atoms with Crippen LogP contribution in [0.4, 0.5) is 5.69 Å². The maximum Gasteiger partial charge on any atom is 0.130 e. The summed E-state index contributed by atoms with van der Waals surface area (Å²) >= 11 is 3.62. The van der Waals surface area contributed by atoms with E-state index in [1.165, 1.54) is 0 Å². The molecule has 1 aromatic heterocycles. The average molecular weight is 351 g/mol. The molecule has 0 aliphatic rings. The van der Waals surface area contributed by atoms with E-state index in [4.69, 9.17) is 9.72 Å². The van der Waals surface area contributed by atoms with Crippen LogP contribution in [0.25, 0.3) is 10.9 Å². The molecule has 0 saturated carbocycles. The molecule has 0 aliphatic heterocycles. The first-order valence-electron chi connectivity index (χ1n) is 7.30. The van der Waals surface area contributed by atoms with Crippen molar-refractivity contribution < 1.29 is 4.74 Å². The maximum atomic E-state index is 5.53. The Kier molecular flexibility index (Phi) is 4.77. The van der Waals surface area contributed by atoms with Crippen molar-refractivity contribution in [1.29, 1.82) is 0 Å². The Morgan fingerprint density at radius 3 is 2.57 bits per heavy atom. The molecule has 0 radical (unpaired) electrons. The van der Waals surface area contributed by atoms with Crippen molar-refractivity contribution in [2.45, 2.75) is 39.5 Å². The van der Waals surface area contributed by atoms with Crippen molar-refractivity contribution in [3.05, 3.63) is 28.4 Å². The first-order chi connectivity index (χ1) is 9.88. The smallest absolute Gasteiger partial charge is 0.130 e. The van der Waals surface area contributed by atoms with E-state index in [0.29, 0.717) is 0 Å². The Balaban J connectivity index is 2.77. The van der Waals surface area contributed by atoms with Gasteiger partial charge in [0.05, 0.1) is 18.0 Å². The third-order valence-corrected chi connectivity index (χ3v) is 4.07. The highest BCUT2D eigenvalue weighted by molar-refractivity contribution is 9.10. The van der Waals surface area contributed by atoms with E-state index in [0.717, 1.165) is 45.5 Å². The van der Waals surface area contributed by atoms with Crippen LogP contribution in [0.2, 0.25) is 0 Å². The summed E-state index contributed by atoms with van der Waals surface area (Å²) in [5.74, 6) is 0.847. The summed E-state index contributed by atoms with van der Waals surface area (Å²) in [6.07, 6.45) is 1.07. The van der Waals surface area contributed by atoms with Gasteiger partial charge in [0, 0.05) is 27.8 Å². The van der Waals surface area contributed by atoms with E-state index >= 15 is 0 Å². The molecular formula is C17H23BrN2O. The first-order valence-corrected chi connectivity index (χ1v) is 8.09. The van der Waals surface area contributed by atoms with Crippen LogP contribution in [-0.2, 0) is 5.41 Å². The fourth-order valence-corrected chi connectivity index (χ4v) is 2.65. The van der Waals surface area contributed by atoms with Crippen LogP contribution in [-0.4, -0.2) is 18.6 Å². The Bertz CT molecular complexity index is 647. The Labute approximate surface area is 135 Å². The molecule has 0 fully saturated rings. The predicted octanol–water partition coefficient (Wildman–Crippen LogP) is 5.13. The molecule has 0 atom stereocenters. The molecule has 3 nitrogen and oxygen atoms in total. The Hall–Kier alpha value is -1.29. The number of rotatable bonds is 4. The van der Waals surface area contributed by atoms with E-state index in [-0.39, 0.29) is 5.41 Å². The monoisotopic (exact) mass is 350 g/mol. The van der Waals surface area contributed by atoms with Crippen LogP contribution in [0, 0.1) is 0 Å². The normalized spacial score (nSPS) is 11.7. The van der Waals surface area contributed by atoms with Gasteiger partial charge in [-0.15, -0.1) is 0 Å². The number of pyridine rings is 1. The lowest BCUT2D eigenvalue weighted by molar-refractivity contribution is 0.419. The molecule has 0 spiro atoms. The Morgan fingerprint density at radius 1 is 1.29 bits per heavy atom. The van der Waals surface area contributed by atoms with Crippen LogP contribution < -0.4 is 10.1 Å². The van der Waals surface area contributed by atoms with Gasteiger partial charge < -0.3 is 10.1 Å². The molecule has 21 heavy (non-hydrogen) atoms. The minimum absolute atomic E-state index is 0.000644. The zero-order chi connectivity index (χ0) is 15.6. The number of hydrogen-bond acceptors (Lipinski definition) is 3. The highest BCUT2D eigenvalue weighted by atomic mass is 79.9. The number of anilines is 1. The largest absolute Gasteiger partial charge is 0.496 e. The van der Waals surface area contributed by atoms with Crippen LogP contribution in [0.3, 0.4) is 0 Å². The lowest BCUT2D eigenvalue weighted by Gasteiger charge is -2.21. The first kappa shape index (κ1) is 16.1. The van der Waals surface area contributed by atoms with Crippen molar-refractivity contribution in [2.24, 2.45) is 0 Å². The van der Waals surface area contributed by atoms with Crippen LogP contribution in [0.1, 0.15) is 39.8 Å². The van der Waals surface area contributed by atoms with E-state index in [2.05, 4.69) is 55.0 Å². The zero-order valence-corrected chi connectivity index (χ0v) is 15.0. The quantitative estimate of drug-likeness (QED) is 0.830. The van der Waals surface area contributed by atoms with Gasteiger partial charge >= 0.3 is 0 Å².